The number of anilines is 1. The van der Waals surface area contributed by atoms with Crippen molar-refractivity contribution in [2.24, 2.45) is 0 Å². The van der Waals surface area contributed by atoms with Crippen LogP contribution in [0.4, 0.5) is 5.13 Å². The third-order valence-corrected chi connectivity index (χ3v) is 3.82. The molecule has 1 fully saturated rings. The number of nitrogens with zero attached hydrogens (tertiary/aromatic N) is 2. The van der Waals surface area contributed by atoms with Crippen molar-refractivity contribution >= 4 is 22.4 Å². The van der Waals surface area contributed by atoms with Gasteiger partial charge >= 0.3 is 5.97 Å². The Hall–Kier alpha value is -1.10. The molecule has 0 saturated carbocycles. The number of esters is 1. The number of thiazole rings is 1. The van der Waals surface area contributed by atoms with Crippen LogP contribution < -0.4 is 4.90 Å². The van der Waals surface area contributed by atoms with E-state index in [0.29, 0.717) is 5.69 Å². The molecule has 1 aliphatic rings. The number of aromatic nitrogens is 1. The summed E-state index contributed by atoms with van der Waals surface area (Å²) in [5, 5.41) is 0.956. The molecule has 16 heavy (non-hydrogen) atoms. The summed E-state index contributed by atoms with van der Waals surface area (Å²) in [6, 6.07) is 0. The molecule has 88 valence electrons. The Balaban J connectivity index is 2.19. The molecule has 4 nitrogen and oxygen atoms in total. The fraction of sp³-hybridized carbons (Fsp3) is 0.636. The van der Waals surface area contributed by atoms with Gasteiger partial charge in [0.25, 0.3) is 0 Å². The van der Waals surface area contributed by atoms with Gasteiger partial charge in [-0.1, -0.05) is 0 Å². The van der Waals surface area contributed by atoms with E-state index in [4.69, 9.17) is 4.74 Å². The zero-order valence-corrected chi connectivity index (χ0v) is 10.5. The molecule has 1 aliphatic heterocycles. The zero-order chi connectivity index (χ0) is 11.5. The van der Waals surface area contributed by atoms with Gasteiger partial charge in [0.1, 0.15) is 0 Å². The minimum atomic E-state index is -0.336. The maximum absolute atomic E-state index is 11.4. The normalized spacial score (nSPS) is 16.2. The summed E-state index contributed by atoms with van der Waals surface area (Å²) in [6.07, 6.45) is 3.73. The molecular formula is C11H16N2O2S. The molecule has 0 spiro atoms. The Labute approximate surface area is 99.2 Å². The lowest BCUT2D eigenvalue weighted by Crippen LogP contribution is -2.29. The highest BCUT2D eigenvalue weighted by Crippen LogP contribution is 2.28. The van der Waals surface area contributed by atoms with Gasteiger partial charge in [-0.2, -0.15) is 0 Å². The minimum absolute atomic E-state index is 0.336. The van der Waals surface area contributed by atoms with E-state index < -0.39 is 0 Å². The van der Waals surface area contributed by atoms with E-state index in [1.54, 1.807) is 11.3 Å². The van der Waals surface area contributed by atoms with E-state index >= 15 is 0 Å². The van der Waals surface area contributed by atoms with Crippen molar-refractivity contribution < 1.29 is 9.53 Å². The molecule has 0 N–H and O–H groups in total. The minimum Gasteiger partial charge on any atom is -0.464 e. The lowest BCUT2D eigenvalue weighted by atomic mass is 10.1. The van der Waals surface area contributed by atoms with E-state index in [9.17, 15) is 4.79 Å². The molecule has 5 heteroatoms. The summed E-state index contributed by atoms with van der Waals surface area (Å²) in [5.74, 6) is -0.336. The first-order valence-corrected chi connectivity index (χ1v) is 6.34. The maximum Gasteiger partial charge on any atom is 0.357 e. The van der Waals surface area contributed by atoms with Crippen LogP contribution in [-0.2, 0) is 4.74 Å². The third-order valence-electron chi connectivity index (χ3n) is 2.79. The predicted octanol–water partition coefficient (Wildman–Crippen LogP) is 2.23. The number of piperidine rings is 1. The van der Waals surface area contributed by atoms with Gasteiger partial charge in [-0.25, -0.2) is 9.78 Å². The van der Waals surface area contributed by atoms with Crippen LogP contribution in [0.2, 0.25) is 0 Å². The zero-order valence-electron chi connectivity index (χ0n) is 9.65. The number of ether oxygens (including phenoxy) is 1. The number of aryl methyl sites for hydroxylation is 1. The van der Waals surface area contributed by atoms with Gasteiger partial charge in [-0.05, 0) is 26.2 Å². The van der Waals surface area contributed by atoms with Crippen molar-refractivity contribution in [3.8, 4) is 0 Å². The summed E-state index contributed by atoms with van der Waals surface area (Å²) < 4.78 is 4.70. The molecule has 0 aliphatic carbocycles. The van der Waals surface area contributed by atoms with Gasteiger partial charge in [-0.15, -0.1) is 11.3 Å². The Morgan fingerprint density at radius 3 is 2.69 bits per heavy atom. The molecule has 1 saturated heterocycles. The highest BCUT2D eigenvalue weighted by atomic mass is 32.1. The van der Waals surface area contributed by atoms with Crippen molar-refractivity contribution in [3.63, 3.8) is 0 Å². The third kappa shape index (κ3) is 2.19. The average molecular weight is 240 g/mol. The molecule has 0 aromatic carbocycles. The van der Waals surface area contributed by atoms with Crippen LogP contribution in [0.1, 0.15) is 34.6 Å². The van der Waals surface area contributed by atoms with Crippen LogP contribution in [0.5, 0.6) is 0 Å². The molecule has 0 radical (unpaired) electrons. The average Bonchev–Trinajstić information content (AvgIpc) is 2.71. The van der Waals surface area contributed by atoms with E-state index in [0.717, 1.165) is 23.1 Å². The fourth-order valence-electron chi connectivity index (χ4n) is 1.89. The van der Waals surface area contributed by atoms with Gasteiger partial charge < -0.3 is 9.64 Å². The highest BCUT2D eigenvalue weighted by molar-refractivity contribution is 7.15. The first-order valence-electron chi connectivity index (χ1n) is 5.53. The Kier molecular flexibility index (Phi) is 3.43. The molecule has 0 bridgehead atoms. The van der Waals surface area contributed by atoms with Crippen molar-refractivity contribution in [1.82, 2.24) is 4.98 Å². The fourth-order valence-corrected chi connectivity index (χ4v) is 2.84. The van der Waals surface area contributed by atoms with Crippen LogP contribution in [0, 0.1) is 6.92 Å². The second kappa shape index (κ2) is 4.82. The number of hydrogen-bond donors (Lipinski definition) is 0. The van der Waals surface area contributed by atoms with Crippen molar-refractivity contribution in [2.75, 3.05) is 25.1 Å². The van der Waals surface area contributed by atoms with Crippen LogP contribution in [0.25, 0.3) is 0 Å². The van der Waals surface area contributed by atoms with Crippen molar-refractivity contribution in [3.05, 3.63) is 10.6 Å². The lowest BCUT2D eigenvalue weighted by Gasteiger charge is -2.25. The van der Waals surface area contributed by atoms with E-state index in [-0.39, 0.29) is 5.97 Å². The van der Waals surface area contributed by atoms with Gasteiger partial charge in [0, 0.05) is 18.0 Å². The molecule has 1 aromatic heterocycles. The summed E-state index contributed by atoms with van der Waals surface area (Å²) >= 11 is 1.58. The standard InChI is InChI=1S/C11H16N2O2S/c1-8-9(10(14)15-2)12-11(16-8)13-6-4-3-5-7-13/h3-7H2,1-2H3. The maximum atomic E-state index is 11.4. The Morgan fingerprint density at radius 2 is 2.06 bits per heavy atom. The smallest absolute Gasteiger partial charge is 0.357 e. The first kappa shape index (κ1) is 11.4. The molecule has 1 aromatic rings. The second-order valence-electron chi connectivity index (χ2n) is 3.94. The van der Waals surface area contributed by atoms with Crippen molar-refractivity contribution in [2.45, 2.75) is 26.2 Å². The summed E-state index contributed by atoms with van der Waals surface area (Å²) in [4.78, 5) is 19.0. The predicted molar refractivity (Wildman–Crippen MR) is 64.3 cm³/mol. The first-order chi connectivity index (χ1) is 7.72. The monoisotopic (exact) mass is 240 g/mol. The number of carbonyl (C=O) groups is 1. The van der Waals surface area contributed by atoms with E-state index in [1.807, 2.05) is 6.92 Å². The quantitative estimate of drug-likeness (QED) is 0.743. The number of methoxy groups -OCH3 is 1. The largest absolute Gasteiger partial charge is 0.464 e. The molecule has 0 unspecified atom stereocenters. The summed E-state index contributed by atoms with van der Waals surface area (Å²) in [7, 11) is 1.39. The summed E-state index contributed by atoms with van der Waals surface area (Å²) in [5.41, 5.74) is 0.466. The van der Waals surface area contributed by atoms with Crippen LogP contribution in [0.15, 0.2) is 0 Å². The number of carbonyl (C=O) groups excluding carboxylic acids is 1. The van der Waals surface area contributed by atoms with Crippen LogP contribution in [0.3, 0.4) is 0 Å². The van der Waals surface area contributed by atoms with Gasteiger partial charge in [0.05, 0.1) is 7.11 Å². The van der Waals surface area contributed by atoms with E-state index in [1.165, 1.54) is 26.4 Å². The molecule has 2 heterocycles. The van der Waals surface area contributed by atoms with Gasteiger partial charge in [0.2, 0.25) is 0 Å². The lowest BCUT2D eigenvalue weighted by molar-refractivity contribution is 0.0594. The molecular weight excluding hydrogens is 224 g/mol. The summed E-state index contributed by atoms with van der Waals surface area (Å²) in [6.45, 7) is 4.01. The topological polar surface area (TPSA) is 42.4 Å². The highest BCUT2D eigenvalue weighted by Gasteiger charge is 2.20. The van der Waals surface area contributed by atoms with Crippen molar-refractivity contribution in [1.29, 1.82) is 0 Å². The van der Waals surface area contributed by atoms with Gasteiger partial charge in [0.15, 0.2) is 10.8 Å². The van der Waals surface area contributed by atoms with E-state index in [2.05, 4.69) is 9.88 Å². The molecule has 2 rings (SSSR count). The number of hydrogen-bond acceptors (Lipinski definition) is 5. The Bertz CT molecular complexity index is 383. The van der Waals surface area contributed by atoms with Crippen LogP contribution >= 0.6 is 11.3 Å². The number of rotatable bonds is 2. The van der Waals surface area contributed by atoms with Crippen LogP contribution in [-0.4, -0.2) is 31.2 Å². The second-order valence-corrected chi connectivity index (χ2v) is 5.12. The SMILES string of the molecule is COC(=O)c1nc(N2CCCCC2)sc1C. The molecule has 0 amide bonds. The van der Waals surface area contributed by atoms with Gasteiger partial charge in [-0.3, -0.25) is 0 Å². The molecule has 0 atom stereocenters. The Morgan fingerprint density at radius 1 is 1.38 bits per heavy atom.